The van der Waals surface area contributed by atoms with Gasteiger partial charge in [0.25, 0.3) is 0 Å². The van der Waals surface area contributed by atoms with Gasteiger partial charge in [0.05, 0.1) is 15.8 Å². The van der Waals surface area contributed by atoms with Crippen LogP contribution in [0.25, 0.3) is 10.9 Å². The lowest BCUT2D eigenvalue weighted by Gasteiger charge is -2.13. The predicted molar refractivity (Wildman–Crippen MR) is 93.8 cm³/mol. The van der Waals surface area contributed by atoms with Crippen LogP contribution in [0.5, 0.6) is 0 Å². The van der Waals surface area contributed by atoms with Crippen molar-refractivity contribution < 1.29 is 9.59 Å². The van der Waals surface area contributed by atoms with E-state index in [-0.39, 0.29) is 5.91 Å². The van der Waals surface area contributed by atoms with E-state index in [9.17, 15) is 9.59 Å². The molecule has 23 heavy (non-hydrogen) atoms. The Kier molecular flexibility index (Phi) is 5.60. The summed E-state index contributed by atoms with van der Waals surface area (Å²) in [7, 11) is 0. The summed E-state index contributed by atoms with van der Waals surface area (Å²) in [6.07, 6.45) is 0. The van der Waals surface area contributed by atoms with Gasteiger partial charge in [-0.05, 0) is 44.9 Å². The van der Waals surface area contributed by atoms with Gasteiger partial charge < -0.3 is 5.32 Å². The second-order valence-electron chi connectivity index (χ2n) is 5.36. The summed E-state index contributed by atoms with van der Waals surface area (Å²) < 4.78 is 0. The number of benzene rings is 1. The van der Waals surface area contributed by atoms with Gasteiger partial charge in [-0.25, -0.2) is 9.78 Å². The maximum Gasteiger partial charge on any atom is 0.321 e. The minimum absolute atomic E-state index is 0.328. The van der Waals surface area contributed by atoms with Crippen LogP contribution in [0.3, 0.4) is 0 Å². The SMILES string of the molecule is CCNC(=O)NC(=O)[C@@H](C)Sc1cc(C)c2cccc(C)c2n1. The molecule has 0 spiro atoms. The topological polar surface area (TPSA) is 71.1 Å². The van der Waals surface area contributed by atoms with Gasteiger partial charge in [0.1, 0.15) is 0 Å². The number of pyridine rings is 1. The minimum atomic E-state index is -0.469. The zero-order chi connectivity index (χ0) is 17.0. The van der Waals surface area contributed by atoms with Crippen molar-refractivity contribution >= 4 is 34.6 Å². The molecule has 1 atom stereocenters. The van der Waals surface area contributed by atoms with E-state index in [4.69, 9.17) is 0 Å². The highest BCUT2D eigenvalue weighted by Crippen LogP contribution is 2.28. The first-order chi connectivity index (χ1) is 10.9. The van der Waals surface area contributed by atoms with Crippen molar-refractivity contribution in [2.24, 2.45) is 0 Å². The van der Waals surface area contributed by atoms with Crippen molar-refractivity contribution in [1.82, 2.24) is 15.6 Å². The number of hydrogen-bond donors (Lipinski definition) is 2. The van der Waals surface area contributed by atoms with Gasteiger partial charge in [0.15, 0.2) is 0 Å². The number of aromatic nitrogens is 1. The minimum Gasteiger partial charge on any atom is -0.338 e. The maximum atomic E-state index is 12.0. The molecule has 6 heteroatoms. The van der Waals surface area contributed by atoms with E-state index in [1.165, 1.54) is 11.8 Å². The molecule has 1 aromatic carbocycles. The first-order valence-corrected chi connectivity index (χ1v) is 8.42. The van der Waals surface area contributed by atoms with Gasteiger partial charge in [0.2, 0.25) is 5.91 Å². The Hall–Kier alpha value is -2.08. The Morgan fingerprint density at radius 3 is 2.70 bits per heavy atom. The zero-order valence-corrected chi connectivity index (χ0v) is 14.6. The van der Waals surface area contributed by atoms with Crippen LogP contribution >= 0.6 is 11.8 Å². The number of fused-ring (bicyclic) bond motifs is 1. The predicted octanol–water partition coefficient (Wildman–Crippen LogP) is 3.18. The molecule has 2 N–H and O–H groups in total. The molecule has 122 valence electrons. The van der Waals surface area contributed by atoms with Crippen molar-refractivity contribution in [3.05, 3.63) is 35.4 Å². The van der Waals surface area contributed by atoms with Crippen LogP contribution < -0.4 is 10.6 Å². The van der Waals surface area contributed by atoms with E-state index in [1.54, 1.807) is 13.8 Å². The van der Waals surface area contributed by atoms with Crippen LogP contribution in [-0.4, -0.2) is 28.7 Å². The maximum absolute atomic E-state index is 12.0. The third-order valence-electron chi connectivity index (χ3n) is 3.47. The van der Waals surface area contributed by atoms with Crippen LogP contribution in [0.2, 0.25) is 0 Å². The van der Waals surface area contributed by atoms with Crippen LogP contribution in [0, 0.1) is 13.8 Å². The van der Waals surface area contributed by atoms with Crippen LogP contribution in [0.4, 0.5) is 4.79 Å². The van der Waals surface area contributed by atoms with Crippen molar-refractivity contribution in [1.29, 1.82) is 0 Å². The van der Waals surface area contributed by atoms with Crippen LogP contribution in [0.15, 0.2) is 29.3 Å². The standard InChI is InChI=1S/C17H21N3O2S/c1-5-18-17(22)20-16(21)12(4)23-14-9-11(3)13-8-6-7-10(2)15(13)19-14/h6-9,12H,5H2,1-4H3,(H2,18,20,21,22)/t12-/m1/s1. The quantitative estimate of drug-likeness (QED) is 0.844. The molecule has 2 aromatic rings. The lowest BCUT2D eigenvalue weighted by atomic mass is 10.1. The Balaban J connectivity index is 2.16. The third kappa shape index (κ3) is 4.22. The molecule has 1 aromatic heterocycles. The van der Waals surface area contributed by atoms with Crippen LogP contribution in [0.1, 0.15) is 25.0 Å². The van der Waals surface area contributed by atoms with E-state index < -0.39 is 11.3 Å². The number of aryl methyl sites for hydroxylation is 2. The molecule has 1 heterocycles. The van der Waals surface area contributed by atoms with E-state index >= 15 is 0 Å². The number of hydrogen-bond acceptors (Lipinski definition) is 4. The molecule has 0 fully saturated rings. The average Bonchev–Trinajstić information content (AvgIpc) is 2.48. The first kappa shape index (κ1) is 17.3. The lowest BCUT2D eigenvalue weighted by molar-refractivity contribution is -0.119. The Bertz CT molecular complexity index is 746. The van der Waals surface area contributed by atoms with Crippen molar-refractivity contribution in [3.8, 4) is 0 Å². The molecular weight excluding hydrogens is 310 g/mol. The summed E-state index contributed by atoms with van der Waals surface area (Å²) >= 11 is 1.35. The summed E-state index contributed by atoms with van der Waals surface area (Å²) in [5.74, 6) is -0.328. The molecule has 5 nitrogen and oxygen atoms in total. The Labute approximate surface area is 140 Å². The molecule has 0 unspecified atom stereocenters. The zero-order valence-electron chi connectivity index (χ0n) is 13.8. The number of nitrogens with zero attached hydrogens (tertiary/aromatic N) is 1. The number of para-hydroxylation sites is 1. The fourth-order valence-electron chi connectivity index (χ4n) is 2.24. The van der Waals surface area contributed by atoms with Gasteiger partial charge in [-0.15, -0.1) is 0 Å². The first-order valence-electron chi connectivity index (χ1n) is 7.54. The molecule has 0 radical (unpaired) electrons. The number of nitrogens with one attached hydrogen (secondary N) is 2. The van der Waals surface area contributed by atoms with Crippen LogP contribution in [-0.2, 0) is 4.79 Å². The van der Waals surface area contributed by atoms with Gasteiger partial charge in [-0.1, -0.05) is 30.0 Å². The van der Waals surface area contributed by atoms with E-state index in [0.29, 0.717) is 6.54 Å². The highest BCUT2D eigenvalue weighted by atomic mass is 32.2. The molecule has 0 saturated carbocycles. The molecule has 0 aliphatic carbocycles. The molecule has 0 aliphatic heterocycles. The Morgan fingerprint density at radius 2 is 2.00 bits per heavy atom. The average molecular weight is 331 g/mol. The second kappa shape index (κ2) is 7.46. The highest BCUT2D eigenvalue weighted by molar-refractivity contribution is 8.00. The number of thioether (sulfide) groups is 1. The van der Waals surface area contributed by atoms with Gasteiger partial charge in [-0.3, -0.25) is 10.1 Å². The molecule has 0 saturated heterocycles. The molecule has 3 amide bonds. The number of amides is 3. The lowest BCUT2D eigenvalue weighted by Crippen LogP contribution is -2.42. The number of urea groups is 1. The summed E-state index contributed by atoms with van der Waals surface area (Å²) in [5.41, 5.74) is 3.18. The fourth-order valence-corrected chi connectivity index (χ4v) is 3.16. The van der Waals surface area contributed by atoms with Gasteiger partial charge in [-0.2, -0.15) is 0 Å². The van der Waals surface area contributed by atoms with E-state index in [1.807, 2.05) is 38.1 Å². The highest BCUT2D eigenvalue weighted by Gasteiger charge is 2.18. The molecule has 2 rings (SSSR count). The third-order valence-corrected chi connectivity index (χ3v) is 4.48. The summed E-state index contributed by atoms with van der Waals surface area (Å²) in [6, 6.07) is 7.59. The smallest absolute Gasteiger partial charge is 0.321 e. The summed E-state index contributed by atoms with van der Waals surface area (Å²) in [6.45, 7) is 8.09. The summed E-state index contributed by atoms with van der Waals surface area (Å²) in [5, 5.41) is 6.36. The Morgan fingerprint density at radius 1 is 1.26 bits per heavy atom. The van der Waals surface area contributed by atoms with Crippen molar-refractivity contribution in [3.63, 3.8) is 0 Å². The monoisotopic (exact) mass is 331 g/mol. The fraction of sp³-hybridized carbons (Fsp3) is 0.353. The number of carbonyl (C=O) groups is 2. The van der Waals surface area contributed by atoms with Crippen molar-refractivity contribution in [2.45, 2.75) is 38.0 Å². The molecule has 0 aliphatic rings. The number of rotatable bonds is 4. The van der Waals surface area contributed by atoms with E-state index in [2.05, 4.69) is 15.6 Å². The summed E-state index contributed by atoms with van der Waals surface area (Å²) in [4.78, 5) is 28.1. The van der Waals surface area contributed by atoms with Gasteiger partial charge >= 0.3 is 6.03 Å². The van der Waals surface area contributed by atoms with Gasteiger partial charge in [0, 0.05) is 11.9 Å². The second-order valence-corrected chi connectivity index (χ2v) is 6.72. The van der Waals surface area contributed by atoms with E-state index in [0.717, 1.165) is 27.1 Å². The normalized spacial score (nSPS) is 12.0. The van der Waals surface area contributed by atoms with Crippen molar-refractivity contribution in [2.75, 3.05) is 6.54 Å². The molecular formula is C17H21N3O2S. The molecule has 0 bridgehead atoms. The number of imide groups is 1. The largest absolute Gasteiger partial charge is 0.338 e. The number of carbonyl (C=O) groups excluding carboxylic acids is 2.